The number of carbonyl (C=O) groups excluding carboxylic acids is 2. The number of hydrogen-bond acceptors (Lipinski definition) is 10. The molecule has 8 aliphatic rings. The highest BCUT2D eigenvalue weighted by Crippen LogP contribution is 2.74. The van der Waals surface area contributed by atoms with Crippen molar-refractivity contribution in [3.05, 3.63) is 53.1 Å². The number of likely N-dealkylation sites (tertiary alicyclic amines) is 1. The van der Waals surface area contributed by atoms with Crippen LogP contribution in [0.25, 0.3) is 0 Å². The van der Waals surface area contributed by atoms with Crippen molar-refractivity contribution in [2.75, 3.05) is 57.7 Å². The summed E-state index contributed by atoms with van der Waals surface area (Å²) in [6, 6.07) is 7.02. The molecule has 0 radical (unpaired) electrons. The second kappa shape index (κ2) is 8.86. The number of anilines is 2. The maximum Gasteiger partial charge on any atom is 0.308 e. The number of aromatic hydroxyl groups is 1. The number of esters is 1. The van der Waals surface area contributed by atoms with E-state index >= 15 is 0 Å². The van der Waals surface area contributed by atoms with E-state index in [0.29, 0.717) is 48.6 Å². The number of piperidine rings is 3. The van der Waals surface area contributed by atoms with Crippen molar-refractivity contribution < 1.29 is 34.0 Å². The molecule has 5 saturated heterocycles. The van der Waals surface area contributed by atoms with E-state index in [1.807, 2.05) is 13.1 Å². The van der Waals surface area contributed by atoms with Crippen molar-refractivity contribution in [1.82, 2.24) is 9.80 Å². The van der Waals surface area contributed by atoms with Crippen LogP contribution in [0.3, 0.4) is 0 Å². The Labute approximate surface area is 279 Å². The highest BCUT2D eigenvalue weighted by atomic mass is 16.6. The van der Waals surface area contributed by atoms with Gasteiger partial charge in [-0.1, -0.05) is 24.3 Å². The van der Waals surface area contributed by atoms with E-state index in [1.54, 1.807) is 26.4 Å². The number of benzene rings is 2. The first-order valence-electron chi connectivity index (χ1n) is 17.3. The van der Waals surface area contributed by atoms with E-state index in [9.17, 15) is 19.8 Å². The molecule has 252 valence electrons. The van der Waals surface area contributed by atoms with Crippen LogP contribution in [0, 0.1) is 5.41 Å². The van der Waals surface area contributed by atoms with Gasteiger partial charge in [0.15, 0.2) is 22.9 Å². The largest absolute Gasteiger partial charge is 0.506 e. The molecule has 10 rings (SSSR count). The third kappa shape index (κ3) is 2.69. The first-order chi connectivity index (χ1) is 23.1. The van der Waals surface area contributed by atoms with Crippen LogP contribution in [-0.4, -0.2) is 103 Å². The van der Waals surface area contributed by atoms with E-state index in [4.69, 9.17) is 14.2 Å². The van der Waals surface area contributed by atoms with Crippen molar-refractivity contribution in [2.24, 2.45) is 5.41 Å². The van der Waals surface area contributed by atoms with E-state index in [2.05, 4.69) is 40.0 Å². The zero-order chi connectivity index (χ0) is 33.2. The lowest BCUT2D eigenvalue weighted by Gasteiger charge is -2.59. The first kappa shape index (κ1) is 29.1. The summed E-state index contributed by atoms with van der Waals surface area (Å²) in [5.41, 5.74) is -1.08. The number of aliphatic hydroxyl groups is 1. The molecule has 0 bridgehead atoms. The van der Waals surface area contributed by atoms with Gasteiger partial charge >= 0.3 is 5.97 Å². The van der Waals surface area contributed by atoms with Crippen molar-refractivity contribution in [3.63, 3.8) is 0 Å². The normalized spacial score (nSPS) is 40.2. The van der Waals surface area contributed by atoms with Gasteiger partial charge < -0.3 is 29.3 Å². The number of likely N-dealkylation sites (N-methyl/N-ethyl adjacent to an activating group) is 2. The minimum Gasteiger partial charge on any atom is -0.506 e. The molecule has 5 fully saturated rings. The standard InChI is InChI=1S/C37H42N4O7/c1-38-17-14-34(21-7-5-8-24(42)29(21)41-27(43)10-9-26(38)36(34,41)45)23-19-22-30(32(47-4)31(23)46-3)39(2)25-11-13-33-12-6-16-40-18-15-35(22,25)37(33,40)48-28(44)20-33/h5,7-8,11,13,19,25-26,42,45H,6,9-10,12,14-18,20H2,1-4H3/t25-,26-,33-,34-,35-,36+,37+/m1/s1. The van der Waals surface area contributed by atoms with Gasteiger partial charge in [0, 0.05) is 32.1 Å². The summed E-state index contributed by atoms with van der Waals surface area (Å²) in [6.07, 6.45) is 8.80. The third-order valence-electron chi connectivity index (χ3n) is 14.1. The van der Waals surface area contributed by atoms with Gasteiger partial charge in [0.05, 0.1) is 60.3 Å². The molecule has 2 N–H and O–H groups in total. The molecule has 11 nitrogen and oxygen atoms in total. The molecule has 7 atom stereocenters. The predicted octanol–water partition coefficient (Wildman–Crippen LogP) is 2.98. The summed E-state index contributed by atoms with van der Waals surface area (Å²) in [4.78, 5) is 35.7. The van der Waals surface area contributed by atoms with Crippen LogP contribution < -0.4 is 19.3 Å². The molecule has 7 aliphatic heterocycles. The van der Waals surface area contributed by atoms with Crippen LogP contribution in [0.2, 0.25) is 0 Å². The van der Waals surface area contributed by atoms with E-state index < -0.39 is 33.7 Å². The number of nitrogens with zero attached hydrogens (tertiary/aromatic N) is 4. The molecule has 48 heavy (non-hydrogen) atoms. The number of methoxy groups -OCH3 is 2. The van der Waals surface area contributed by atoms with E-state index in [1.165, 1.54) is 4.90 Å². The average molecular weight is 655 g/mol. The van der Waals surface area contributed by atoms with Gasteiger partial charge in [0.25, 0.3) is 0 Å². The molecule has 0 saturated carbocycles. The number of fused-ring (bicyclic) bond motifs is 4. The second-order valence-corrected chi connectivity index (χ2v) is 15.4. The Morgan fingerprint density at radius 2 is 1.77 bits per heavy atom. The fraction of sp³-hybridized carbons (Fsp3) is 0.568. The summed E-state index contributed by atoms with van der Waals surface area (Å²) in [5, 5.41) is 24.9. The smallest absolute Gasteiger partial charge is 0.308 e. The Balaban J connectivity index is 1.33. The molecule has 1 aliphatic carbocycles. The van der Waals surface area contributed by atoms with Gasteiger partial charge in [0.1, 0.15) is 5.75 Å². The van der Waals surface area contributed by atoms with Gasteiger partial charge in [-0.3, -0.25) is 24.3 Å². The minimum absolute atomic E-state index is 0.0376. The Bertz CT molecular complexity index is 1880. The van der Waals surface area contributed by atoms with Gasteiger partial charge in [0.2, 0.25) is 5.91 Å². The number of phenols is 1. The third-order valence-corrected chi connectivity index (χ3v) is 14.1. The first-order valence-corrected chi connectivity index (χ1v) is 17.3. The topological polar surface area (TPSA) is 115 Å². The Kier molecular flexibility index (Phi) is 5.38. The summed E-state index contributed by atoms with van der Waals surface area (Å²) in [7, 11) is 7.36. The number of rotatable bonds is 3. The maximum atomic E-state index is 13.9. The van der Waals surface area contributed by atoms with E-state index in [-0.39, 0.29) is 30.1 Å². The highest BCUT2D eigenvalue weighted by Gasteiger charge is 2.81. The molecular weight excluding hydrogens is 612 g/mol. The van der Waals surface area contributed by atoms with Gasteiger partial charge in [-0.25, -0.2) is 0 Å². The molecule has 0 unspecified atom stereocenters. The number of para-hydroxylation sites is 1. The minimum atomic E-state index is -1.72. The van der Waals surface area contributed by atoms with Gasteiger partial charge in [-0.15, -0.1) is 0 Å². The Morgan fingerprint density at radius 1 is 0.958 bits per heavy atom. The van der Waals surface area contributed by atoms with Crippen LogP contribution in [0.5, 0.6) is 17.2 Å². The predicted molar refractivity (Wildman–Crippen MR) is 175 cm³/mol. The van der Waals surface area contributed by atoms with E-state index in [0.717, 1.165) is 49.2 Å². The van der Waals surface area contributed by atoms with Crippen molar-refractivity contribution in [1.29, 1.82) is 0 Å². The molecule has 2 aromatic rings. The number of amides is 1. The molecule has 1 amide bonds. The summed E-state index contributed by atoms with van der Waals surface area (Å²) in [5.74, 6) is 0.642. The zero-order valence-corrected chi connectivity index (χ0v) is 27.9. The van der Waals surface area contributed by atoms with Crippen molar-refractivity contribution in [2.45, 2.75) is 79.3 Å². The number of phenolic OH excluding ortho intramolecular Hbond substituents is 1. The average Bonchev–Trinajstić information content (AvgIpc) is 3.73. The molecule has 0 aromatic heterocycles. The quantitative estimate of drug-likeness (QED) is 0.378. The summed E-state index contributed by atoms with van der Waals surface area (Å²) >= 11 is 0. The van der Waals surface area contributed by atoms with Crippen LogP contribution in [0.1, 0.15) is 61.6 Å². The molecule has 2 spiro atoms. The lowest BCUT2D eigenvalue weighted by Crippen LogP contribution is -2.75. The molecule has 11 heteroatoms. The van der Waals surface area contributed by atoms with Crippen LogP contribution in [-0.2, 0) is 25.2 Å². The summed E-state index contributed by atoms with van der Waals surface area (Å²) < 4.78 is 19.4. The number of hydrogen-bond donors (Lipinski definition) is 2. The highest BCUT2D eigenvalue weighted by molar-refractivity contribution is 6.02. The zero-order valence-electron chi connectivity index (χ0n) is 27.9. The number of carbonyl (C=O) groups is 2. The van der Waals surface area contributed by atoms with Crippen molar-refractivity contribution >= 4 is 23.3 Å². The lowest BCUT2D eigenvalue weighted by molar-refractivity contribution is -0.207. The summed E-state index contributed by atoms with van der Waals surface area (Å²) in [6.45, 7) is 2.31. The molecule has 7 heterocycles. The van der Waals surface area contributed by atoms with Crippen LogP contribution in [0.4, 0.5) is 11.4 Å². The van der Waals surface area contributed by atoms with Gasteiger partial charge in [-0.2, -0.15) is 0 Å². The maximum absolute atomic E-state index is 13.9. The Morgan fingerprint density at radius 3 is 2.56 bits per heavy atom. The fourth-order valence-corrected chi connectivity index (χ4v) is 12.6. The van der Waals surface area contributed by atoms with Crippen LogP contribution in [0.15, 0.2) is 36.4 Å². The lowest BCUT2D eigenvalue weighted by atomic mass is 9.52. The van der Waals surface area contributed by atoms with Gasteiger partial charge in [-0.05, 0) is 69.0 Å². The number of ether oxygens (including phenoxy) is 3. The molecule has 2 aromatic carbocycles. The monoisotopic (exact) mass is 654 g/mol. The Hall–Kier alpha value is -3.80. The second-order valence-electron chi connectivity index (χ2n) is 15.4. The SMILES string of the molecule is COc1c([C@@]23CCN(C)[C@@H]4CCC(=O)N(c5c(O)cccc52)[C@]43O)cc2c(c1OC)N(C)[C@@H]1C=C[C@@]34CCCN5CC[C@@]21[C@]53OC(=O)C4. The van der Waals surface area contributed by atoms with Crippen LogP contribution >= 0.6 is 0 Å². The fourth-order valence-electron chi connectivity index (χ4n) is 12.6. The van der Waals surface area contributed by atoms with Crippen molar-refractivity contribution in [3.8, 4) is 17.2 Å². The molecular formula is C37H42N4O7.